The van der Waals surface area contributed by atoms with Gasteiger partial charge in [-0.05, 0) is 70.8 Å². The average molecular weight is 703 g/mol. The average Bonchev–Trinajstić information content (AvgIpc) is 3.43. The molecule has 0 saturated carbocycles. The van der Waals surface area contributed by atoms with Crippen molar-refractivity contribution in [1.29, 1.82) is 0 Å². The van der Waals surface area contributed by atoms with Crippen molar-refractivity contribution in [3.8, 4) is 61.8 Å². The summed E-state index contributed by atoms with van der Waals surface area (Å²) < 4.78 is 15.0. The second-order valence-electron chi connectivity index (χ2n) is 16.5. The third-order valence-electron chi connectivity index (χ3n) is 13.9. The fourth-order valence-electron chi connectivity index (χ4n) is 11.8. The molecule has 1 unspecified atom stereocenters. The molecule has 0 aliphatic carbocycles. The highest BCUT2D eigenvalue weighted by Gasteiger charge is 2.68. The largest absolute Gasteiger partial charge is 0.456 e. The lowest BCUT2D eigenvalue weighted by Gasteiger charge is -2.47. The van der Waals surface area contributed by atoms with Crippen molar-refractivity contribution in [3.63, 3.8) is 0 Å². The molecule has 1 atom stereocenters. The number of pyridine rings is 2. The molecule has 55 heavy (non-hydrogen) atoms. The minimum Gasteiger partial charge on any atom is -0.456 e. The SMILES string of the molecule is CC1(C)c2cccc3c2N2c4c1ccc1c4C4(c5c(ccc6c7cccc8c7n(c56)-c5c(ccc[n+]54)-c4ccccc4-8)O1)[n+]1cccc(c12)-c1ccccc1-3. The van der Waals surface area contributed by atoms with E-state index in [4.69, 9.17) is 4.74 Å². The number of benzene rings is 6. The maximum Gasteiger partial charge on any atom is 0.321 e. The number of anilines is 3. The van der Waals surface area contributed by atoms with E-state index in [0.717, 1.165) is 11.5 Å². The molecule has 1 spiro atoms. The Hall–Kier alpha value is -6.98. The van der Waals surface area contributed by atoms with E-state index in [2.05, 4.69) is 178 Å². The molecular formula is C50H30N4O+2. The normalized spacial score (nSPS) is 18.0. The molecule has 6 aromatic carbocycles. The maximum atomic E-state index is 7.25. The van der Waals surface area contributed by atoms with E-state index in [9.17, 15) is 0 Å². The third kappa shape index (κ3) is 2.67. The fraction of sp³-hybridized carbons (Fsp3) is 0.0800. The molecule has 0 saturated heterocycles. The van der Waals surface area contributed by atoms with Crippen LogP contribution in [0.15, 0.2) is 146 Å². The molecule has 15 rings (SSSR count). The summed E-state index contributed by atoms with van der Waals surface area (Å²) in [6.07, 6.45) is 4.67. The first-order chi connectivity index (χ1) is 27.1. The summed E-state index contributed by atoms with van der Waals surface area (Å²) in [4.78, 5) is 2.61. The zero-order valence-electron chi connectivity index (χ0n) is 30.1. The first kappa shape index (κ1) is 27.6. The molecule has 9 heterocycles. The van der Waals surface area contributed by atoms with Crippen LogP contribution in [0.5, 0.6) is 11.5 Å². The summed E-state index contributed by atoms with van der Waals surface area (Å²) in [5.74, 6) is 4.15. The molecule has 0 bridgehead atoms. The summed E-state index contributed by atoms with van der Waals surface area (Å²) in [6.45, 7) is 4.82. The molecule has 6 aliphatic heterocycles. The Balaban J connectivity index is 1.26. The van der Waals surface area contributed by atoms with Gasteiger partial charge in [-0.2, -0.15) is 18.6 Å². The monoisotopic (exact) mass is 702 g/mol. The molecule has 0 amide bonds. The summed E-state index contributed by atoms with van der Waals surface area (Å²) >= 11 is 0. The Morgan fingerprint density at radius 1 is 0.455 bits per heavy atom. The number of ether oxygens (including phenoxy) is 1. The number of aromatic nitrogens is 3. The van der Waals surface area contributed by atoms with Crippen LogP contribution >= 0.6 is 0 Å². The number of nitrogens with zero attached hydrogens (tertiary/aromatic N) is 4. The molecule has 0 fully saturated rings. The molecular weight excluding hydrogens is 673 g/mol. The molecule has 6 aliphatic rings. The number of fused-ring (bicyclic) bond motifs is 7. The highest BCUT2D eigenvalue weighted by Crippen LogP contribution is 2.66. The van der Waals surface area contributed by atoms with Crippen molar-refractivity contribution < 1.29 is 13.9 Å². The topological polar surface area (TPSA) is 25.2 Å². The number of para-hydroxylation sites is 2. The van der Waals surface area contributed by atoms with Crippen LogP contribution in [0.4, 0.5) is 17.2 Å². The highest BCUT2D eigenvalue weighted by molar-refractivity contribution is 6.18. The number of hydrogen-bond donors (Lipinski definition) is 0. The zero-order valence-corrected chi connectivity index (χ0v) is 30.1. The van der Waals surface area contributed by atoms with E-state index in [1.54, 1.807) is 0 Å². The van der Waals surface area contributed by atoms with Crippen LogP contribution in [0.25, 0.3) is 72.1 Å². The van der Waals surface area contributed by atoms with E-state index in [0.29, 0.717) is 0 Å². The van der Waals surface area contributed by atoms with Crippen LogP contribution in [-0.4, -0.2) is 4.57 Å². The van der Waals surface area contributed by atoms with Crippen LogP contribution in [0, 0.1) is 0 Å². The summed E-state index contributed by atoms with van der Waals surface area (Å²) in [6, 6.07) is 50.0. The molecule has 254 valence electrons. The first-order valence-corrected chi connectivity index (χ1v) is 19.3. The van der Waals surface area contributed by atoms with Gasteiger partial charge >= 0.3 is 5.66 Å². The minimum atomic E-state index is -0.827. The predicted molar refractivity (Wildman–Crippen MR) is 215 cm³/mol. The standard InChI is InChI=1S/C50H30N4O/c1-49(2)37-20-8-17-32-28-12-4-6-14-30(28)36-19-10-26-52-48(36)54(44(32)37)46-38(49)22-24-40-42(46)50(52)41-39(55-40)23-21-34-33-16-7-15-31-27-11-3-5-13-29(27)35-18-9-25-51(50)47(35)53(43(31)33)45(34)41/h3-26H,1-2H3/q+2. The van der Waals surface area contributed by atoms with Crippen LogP contribution in [0.1, 0.15) is 36.1 Å². The van der Waals surface area contributed by atoms with Gasteiger partial charge in [0.15, 0.2) is 11.2 Å². The van der Waals surface area contributed by atoms with Gasteiger partial charge < -0.3 is 4.74 Å². The zero-order chi connectivity index (χ0) is 35.7. The van der Waals surface area contributed by atoms with E-state index in [1.165, 1.54) is 112 Å². The van der Waals surface area contributed by atoms with Crippen molar-refractivity contribution in [3.05, 3.63) is 168 Å². The van der Waals surface area contributed by atoms with Gasteiger partial charge in [0.2, 0.25) is 0 Å². The van der Waals surface area contributed by atoms with Gasteiger partial charge in [0, 0.05) is 38.4 Å². The number of rotatable bonds is 0. The van der Waals surface area contributed by atoms with Gasteiger partial charge in [-0.1, -0.05) is 98.8 Å². The van der Waals surface area contributed by atoms with Gasteiger partial charge in [-0.3, -0.25) is 0 Å². The highest BCUT2D eigenvalue weighted by atomic mass is 16.5. The van der Waals surface area contributed by atoms with Crippen molar-refractivity contribution >= 4 is 39.0 Å². The van der Waals surface area contributed by atoms with E-state index >= 15 is 0 Å². The summed E-state index contributed by atoms with van der Waals surface area (Å²) in [5.41, 5.74) is 18.8. The quantitative estimate of drug-likeness (QED) is 0.147. The van der Waals surface area contributed by atoms with Crippen LogP contribution < -0.4 is 18.8 Å². The van der Waals surface area contributed by atoms with E-state index in [-0.39, 0.29) is 5.41 Å². The Labute approximate surface area is 316 Å². The van der Waals surface area contributed by atoms with Crippen molar-refractivity contribution in [2.45, 2.75) is 24.9 Å². The Bertz CT molecular complexity index is 3410. The Morgan fingerprint density at radius 3 is 1.80 bits per heavy atom. The van der Waals surface area contributed by atoms with Crippen molar-refractivity contribution in [2.24, 2.45) is 0 Å². The van der Waals surface area contributed by atoms with Gasteiger partial charge in [0.1, 0.15) is 33.8 Å². The molecule has 0 radical (unpaired) electrons. The van der Waals surface area contributed by atoms with Crippen molar-refractivity contribution in [2.75, 3.05) is 4.90 Å². The summed E-state index contributed by atoms with van der Waals surface area (Å²) in [7, 11) is 0. The Morgan fingerprint density at radius 2 is 1.02 bits per heavy atom. The van der Waals surface area contributed by atoms with Crippen LogP contribution in [0.2, 0.25) is 0 Å². The predicted octanol–water partition coefficient (Wildman–Crippen LogP) is 10.8. The van der Waals surface area contributed by atoms with E-state index in [1.807, 2.05) is 0 Å². The van der Waals surface area contributed by atoms with Gasteiger partial charge in [0.05, 0.1) is 23.5 Å². The number of hydrogen-bond acceptors (Lipinski definition) is 2. The molecule has 5 nitrogen and oxygen atoms in total. The van der Waals surface area contributed by atoms with Gasteiger partial charge in [-0.25, -0.2) is 0 Å². The third-order valence-corrected chi connectivity index (χ3v) is 13.9. The lowest BCUT2D eigenvalue weighted by Crippen LogP contribution is -2.79. The lowest BCUT2D eigenvalue weighted by atomic mass is 9.69. The Kier molecular flexibility index (Phi) is 4.28. The minimum absolute atomic E-state index is 0.286. The first-order valence-electron chi connectivity index (χ1n) is 19.3. The van der Waals surface area contributed by atoms with Crippen LogP contribution in [0.3, 0.4) is 0 Å². The maximum absolute atomic E-state index is 7.25. The fourth-order valence-corrected chi connectivity index (χ4v) is 11.8. The van der Waals surface area contributed by atoms with Gasteiger partial charge in [0.25, 0.3) is 11.6 Å². The molecule has 5 heteroatoms. The summed E-state index contributed by atoms with van der Waals surface area (Å²) in [5, 5.41) is 2.50. The second-order valence-corrected chi connectivity index (χ2v) is 16.5. The van der Waals surface area contributed by atoms with Gasteiger partial charge in [-0.15, -0.1) is 0 Å². The second kappa shape index (κ2) is 8.53. The molecule has 3 aromatic heterocycles. The molecule has 9 aromatic rings. The smallest absolute Gasteiger partial charge is 0.321 e. The van der Waals surface area contributed by atoms with Crippen molar-refractivity contribution in [1.82, 2.24) is 4.57 Å². The molecule has 0 N–H and O–H groups in total. The van der Waals surface area contributed by atoms with E-state index < -0.39 is 5.66 Å². The van der Waals surface area contributed by atoms with Crippen LogP contribution in [-0.2, 0) is 11.1 Å². The lowest BCUT2D eigenvalue weighted by molar-refractivity contribution is -0.965.